The second-order valence-electron chi connectivity index (χ2n) is 3.88. The van der Waals surface area contributed by atoms with E-state index in [1.807, 2.05) is 0 Å². The molecule has 1 atom stereocenters. The SMILES string of the molecule is CNCC(=O)NC1CCN(CCOC)C1. The van der Waals surface area contributed by atoms with Crippen molar-refractivity contribution in [2.45, 2.75) is 12.5 Å². The smallest absolute Gasteiger partial charge is 0.234 e. The van der Waals surface area contributed by atoms with E-state index in [9.17, 15) is 4.79 Å². The molecule has 0 bridgehead atoms. The lowest BCUT2D eigenvalue weighted by atomic mass is 10.2. The summed E-state index contributed by atoms with van der Waals surface area (Å²) < 4.78 is 5.02. The van der Waals surface area contributed by atoms with Crippen LogP contribution >= 0.6 is 0 Å². The van der Waals surface area contributed by atoms with Crippen molar-refractivity contribution in [3.05, 3.63) is 0 Å². The van der Waals surface area contributed by atoms with Crippen molar-refractivity contribution in [2.75, 3.05) is 46.9 Å². The van der Waals surface area contributed by atoms with Crippen molar-refractivity contribution < 1.29 is 9.53 Å². The number of hydrogen-bond acceptors (Lipinski definition) is 4. The number of rotatable bonds is 6. The van der Waals surface area contributed by atoms with Crippen LogP contribution in [0.3, 0.4) is 0 Å². The molecule has 15 heavy (non-hydrogen) atoms. The molecule has 1 heterocycles. The quantitative estimate of drug-likeness (QED) is 0.599. The summed E-state index contributed by atoms with van der Waals surface area (Å²) >= 11 is 0. The minimum absolute atomic E-state index is 0.0797. The molecule has 2 N–H and O–H groups in total. The molecule has 0 aromatic heterocycles. The van der Waals surface area contributed by atoms with Gasteiger partial charge in [0.05, 0.1) is 13.2 Å². The van der Waals surface area contributed by atoms with Gasteiger partial charge in [0.15, 0.2) is 0 Å². The second-order valence-corrected chi connectivity index (χ2v) is 3.88. The van der Waals surface area contributed by atoms with Crippen molar-refractivity contribution >= 4 is 5.91 Å². The summed E-state index contributed by atoms with van der Waals surface area (Å²) in [6.07, 6.45) is 1.04. The molecule has 1 fully saturated rings. The summed E-state index contributed by atoms with van der Waals surface area (Å²) in [4.78, 5) is 13.6. The summed E-state index contributed by atoms with van der Waals surface area (Å²) in [6, 6.07) is 0.308. The highest BCUT2D eigenvalue weighted by molar-refractivity contribution is 5.78. The molecule has 1 saturated heterocycles. The third-order valence-corrected chi connectivity index (χ3v) is 2.59. The molecule has 1 amide bonds. The summed E-state index contributed by atoms with van der Waals surface area (Å²) in [5.74, 6) is 0.0797. The van der Waals surface area contributed by atoms with Gasteiger partial charge < -0.3 is 15.4 Å². The Kier molecular flexibility index (Phi) is 5.60. The van der Waals surface area contributed by atoms with Gasteiger partial charge in [-0.3, -0.25) is 9.69 Å². The molecule has 1 unspecified atom stereocenters. The van der Waals surface area contributed by atoms with E-state index in [2.05, 4.69) is 15.5 Å². The van der Waals surface area contributed by atoms with Crippen LogP contribution in [0.2, 0.25) is 0 Å². The van der Waals surface area contributed by atoms with E-state index in [1.165, 1.54) is 0 Å². The normalized spacial score (nSPS) is 21.9. The number of methoxy groups -OCH3 is 1. The molecule has 5 nitrogen and oxygen atoms in total. The fourth-order valence-corrected chi connectivity index (χ4v) is 1.81. The molecule has 1 aliphatic rings. The van der Waals surface area contributed by atoms with E-state index in [4.69, 9.17) is 4.74 Å². The lowest BCUT2D eigenvalue weighted by Gasteiger charge is -2.15. The van der Waals surface area contributed by atoms with Gasteiger partial charge in [-0.25, -0.2) is 0 Å². The van der Waals surface area contributed by atoms with Crippen molar-refractivity contribution in [3.63, 3.8) is 0 Å². The Morgan fingerprint density at radius 3 is 3.07 bits per heavy atom. The average Bonchev–Trinajstić information content (AvgIpc) is 2.63. The summed E-state index contributed by atoms with van der Waals surface area (Å²) in [6.45, 7) is 4.10. The van der Waals surface area contributed by atoms with E-state index in [0.717, 1.165) is 32.7 Å². The highest BCUT2D eigenvalue weighted by Crippen LogP contribution is 2.08. The van der Waals surface area contributed by atoms with Gasteiger partial charge in [-0.1, -0.05) is 0 Å². The van der Waals surface area contributed by atoms with Crippen molar-refractivity contribution in [2.24, 2.45) is 0 Å². The van der Waals surface area contributed by atoms with Crippen LogP contribution in [0, 0.1) is 0 Å². The Morgan fingerprint density at radius 2 is 2.40 bits per heavy atom. The number of carbonyl (C=O) groups is 1. The molecule has 0 aromatic rings. The second kappa shape index (κ2) is 6.76. The standard InChI is InChI=1S/C10H21N3O2/c1-11-7-10(14)12-9-3-4-13(8-9)5-6-15-2/h9,11H,3-8H2,1-2H3,(H,12,14). The zero-order chi connectivity index (χ0) is 11.1. The van der Waals surface area contributed by atoms with Gasteiger partial charge in [0.25, 0.3) is 0 Å². The van der Waals surface area contributed by atoms with Gasteiger partial charge in [0.2, 0.25) is 5.91 Å². The molecule has 0 aliphatic carbocycles. The molecular formula is C10H21N3O2. The molecule has 0 radical (unpaired) electrons. The van der Waals surface area contributed by atoms with Crippen LogP contribution in [0.5, 0.6) is 0 Å². The van der Waals surface area contributed by atoms with E-state index in [1.54, 1.807) is 14.2 Å². The largest absolute Gasteiger partial charge is 0.383 e. The van der Waals surface area contributed by atoms with E-state index >= 15 is 0 Å². The predicted octanol–water partition coefficient (Wildman–Crippen LogP) is -0.957. The third-order valence-electron chi connectivity index (χ3n) is 2.59. The lowest BCUT2D eigenvalue weighted by Crippen LogP contribution is -2.41. The topological polar surface area (TPSA) is 53.6 Å². The molecule has 0 aromatic carbocycles. The molecule has 1 aliphatic heterocycles. The first-order valence-electron chi connectivity index (χ1n) is 5.41. The number of ether oxygens (including phenoxy) is 1. The van der Waals surface area contributed by atoms with E-state index in [-0.39, 0.29) is 5.91 Å². The maximum Gasteiger partial charge on any atom is 0.234 e. The van der Waals surface area contributed by atoms with Gasteiger partial charge in [-0.05, 0) is 13.5 Å². The van der Waals surface area contributed by atoms with Crippen LogP contribution in [-0.4, -0.2) is 63.8 Å². The highest BCUT2D eigenvalue weighted by atomic mass is 16.5. The predicted molar refractivity (Wildman–Crippen MR) is 58.8 cm³/mol. The molecule has 88 valence electrons. The summed E-state index contributed by atoms with van der Waals surface area (Å²) in [5, 5.41) is 5.84. The van der Waals surface area contributed by atoms with Gasteiger partial charge in [-0.15, -0.1) is 0 Å². The lowest BCUT2D eigenvalue weighted by molar-refractivity contribution is -0.120. The fraction of sp³-hybridized carbons (Fsp3) is 0.900. The Morgan fingerprint density at radius 1 is 1.60 bits per heavy atom. The minimum atomic E-state index is 0.0797. The van der Waals surface area contributed by atoms with Crippen LogP contribution < -0.4 is 10.6 Å². The first-order valence-corrected chi connectivity index (χ1v) is 5.41. The van der Waals surface area contributed by atoms with E-state index < -0.39 is 0 Å². The van der Waals surface area contributed by atoms with Gasteiger partial charge >= 0.3 is 0 Å². The van der Waals surface area contributed by atoms with Gasteiger partial charge in [0.1, 0.15) is 0 Å². The monoisotopic (exact) mass is 215 g/mol. The molecular weight excluding hydrogens is 194 g/mol. The molecule has 1 rings (SSSR count). The van der Waals surface area contributed by atoms with Crippen molar-refractivity contribution in [1.82, 2.24) is 15.5 Å². The number of carbonyl (C=O) groups excluding carboxylic acids is 1. The van der Waals surface area contributed by atoms with Crippen molar-refractivity contribution in [1.29, 1.82) is 0 Å². The van der Waals surface area contributed by atoms with Crippen LogP contribution in [0.15, 0.2) is 0 Å². The zero-order valence-corrected chi connectivity index (χ0v) is 9.58. The minimum Gasteiger partial charge on any atom is -0.383 e. The Hall–Kier alpha value is -0.650. The molecule has 5 heteroatoms. The Labute approximate surface area is 91.2 Å². The average molecular weight is 215 g/mol. The van der Waals surface area contributed by atoms with E-state index in [0.29, 0.717) is 12.6 Å². The number of likely N-dealkylation sites (tertiary alicyclic amines) is 1. The zero-order valence-electron chi connectivity index (χ0n) is 9.58. The number of amides is 1. The van der Waals surface area contributed by atoms with Crippen LogP contribution in [0.1, 0.15) is 6.42 Å². The maximum atomic E-state index is 11.3. The summed E-state index contributed by atoms with van der Waals surface area (Å²) in [5.41, 5.74) is 0. The Balaban J connectivity index is 2.15. The van der Waals surface area contributed by atoms with Gasteiger partial charge in [-0.2, -0.15) is 0 Å². The fourth-order valence-electron chi connectivity index (χ4n) is 1.81. The summed E-state index contributed by atoms with van der Waals surface area (Å²) in [7, 11) is 3.49. The molecule has 0 saturated carbocycles. The number of hydrogen-bond donors (Lipinski definition) is 2. The van der Waals surface area contributed by atoms with Crippen LogP contribution in [-0.2, 0) is 9.53 Å². The highest BCUT2D eigenvalue weighted by Gasteiger charge is 2.22. The first-order chi connectivity index (χ1) is 7.26. The third kappa shape index (κ3) is 4.59. The Bertz CT molecular complexity index is 199. The first kappa shape index (κ1) is 12.4. The molecule has 0 spiro atoms. The number of likely N-dealkylation sites (N-methyl/N-ethyl adjacent to an activating group) is 1. The maximum absolute atomic E-state index is 11.3. The van der Waals surface area contributed by atoms with Gasteiger partial charge in [0, 0.05) is 32.8 Å². The van der Waals surface area contributed by atoms with Crippen LogP contribution in [0.25, 0.3) is 0 Å². The number of nitrogens with one attached hydrogen (secondary N) is 2. The van der Waals surface area contributed by atoms with Crippen LogP contribution in [0.4, 0.5) is 0 Å². The number of nitrogens with zero attached hydrogens (tertiary/aromatic N) is 1. The van der Waals surface area contributed by atoms with Crippen molar-refractivity contribution in [3.8, 4) is 0 Å².